The van der Waals surface area contributed by atoms with E-state index in [2.05, 4.69) is 15.3 Å². The molecule has 1 aliphatic rings. The van der Waals surface area contributed by atoms with Gasteiger partial charge >= 0.3 is 0 Å². The molecule has 0 radical (unpaired) electrons. The fraction of sp³-hybridized carbons (Fsp3) is 0.250. The van der Waals surface area contributed by atoms with Gasteiger partial charge in [-0.15, -0.1) is 11.3 Å². The maximum absolute atomic E-state index is 12.4. The topological polar surface area (TPSA) is 82.6 Å². The van der Waals surface area contributed by atoms with Gasteiger partial charge in [0.1, 0.15) is 10.8 Å². The zero-order valence-electron chi connectivity index (χ0n) is 15.5. The summed E-state index contributed by atoms with van der Waals surface area (Å²) in [6, 6.07) is 9.09. The van der Waals surface area contributed by atoms with E-state index >= 15 is 0 Å². The lowest BCUT2D eigenvalue weighted by Crippen LogP contribution is -2.35. The summed E-state index contributed by atoms with van der Waals surface area (Å²) in [7, 11) is 0. The molecule has 1 aliphatic heterocycles. The highest BCUT2D eigenvalue weighted by Gasteiger charge is 2.19. The third-order valence-electron chi connectivity index (χ3n) is 4.25. The molecule has 0 spiro atoms. The van der Waals surface area contributed by atoms with Crippen LogP contribution in [0, 0.1) is 6.92 Å². The van der Waals surface area contributed by atoms with Gasteiger partial charge in [-0.05, 0) is 38.1 Å². The number of rotatable bonds is 6. The summed E-state index contributed by atoms with van der Waals surface area (Å²) >= 11 is 1.55. The van der Waals surface area contributed by atoms with Crippen molar-refractivity contribution in [3.05, 3.63) is 53.3 Å². The Hall–Kier alpha value is -3.13. The average Bonchev–Trinajstić information content (AvgIpc) is 3.32. The lowest BCUT2D eigenvalue weighted by molar-refractivity contribution is -0.127. The van der Waals surface area contributed by atoms with Crippen LogP contribution < -0.4 is 19.5 Å². The van der Waals surface area contributed by atoms with E-state index in [9.17, 15) is 4.79 Å². The number of carbonyl (C=O) groups excluding carboxylic acids is 1. The van der Waals surface area contributed by atoms with Gasteiger partial charge in [-0.1, -0.05) is 0 Å². The van der Waals surface area contributed by atoms with Crippen molar-refractivity contribution in [3.8, 4) is 27.8 Å². The molecule has 0 aliphatic carbocycles. The van der Waals surface area contributed by atoms with Crippen molar-refractivity contribution in [2.45, 2.75) is 26.5 Å². The molecule has 1 atom stereocenters. The number of thiazole rings is 1. The van der Waals surface area contributed by atoms with Crippen LogP contribution in [-0.4, -0.2) is 28.8 Å². The minimum atomic E-state index is -0.647. The standard InChI is InChI=1S/C20H19N3O4S/c1-12-18(28-20(23-12)14-4-3-7-21-9-14)10-22-19(24)13(2)27-15-5-6-16-17(8-15)26-11-25-16/h3-9,13H,10-11H2,1-2H3,(H,22,24). The SMILES string of the molecule is Cc1nc(-c2cccnc2)sc1CNC(=O)C(C)Oc1ccc2c(c1)OCO2. The van der Waals surface area contributed by atoms with E-state index in [0.717, 1.165) is 21.1 Å². The van der Waals surface area contributed by atoms with Gasteiger partial charge in [0.05, 0.1) is 12.2 Å². The van der Waals surface area contributed by atoms with Crippen molar-refractivity contribution in [1.29, 1.82) is 0 Å². The number of aryl methyl sites for hydroxylation is 1. The molecule has 1 aromatic carbocycles. The fourth-order valence-corrected chi connectivity index (χ4v) is 3.72. The molecule has 7 nitrogen and oxygen atoms in total. The lowest BCUT2D eigenvalue weighted by atomic mass is 10.3. The van der Waals surface area contributed by atoms with Gasteiger partial charge in [-0.2, -0.15) is 0 Å². The van der Waals surface area contributed by atoms with Crippen LogP contribution in [0.1, 0.15) is 17.5 Å². The second-order valence-electron chi connectivity index (χ2n) is 6.26. The first-order valence-electron chi connectivity index (χ1n) is 8.81. The van der Waals surface area contributed by atoms with Gasteiger partial charge in [-0.3, -0.25) is 9.78 Å². The van der Waals surface area contributed by atoms with Gasteiger partial charge in [0.25, 0.3) is 5.91 Å². The molecule has 8 heteroatoms. The Morgan fingerprint density at radius 2 is 2.18 bits per heavy atom. The van der Waals surface area contributed by atoms with E-state index in [0.29, 0.717) is 23.8 Å². The third kappa shape index (κ3) is 3.91. The molecule has 3 heterocycles. The normalized spacial score (nSPS) is 13.2. The molecule has 0 saturated heterocycles. The maximum atomic E-state index is 12.4. The second-order valence-corrected chi connectivity index (χ2v) is 7.35. The van der Waals surface area contributed by atoms with E-state index in [1.54, 1.807) is 48.9 Å². The van der Waals surface area contributed by atoms with Crippen molar-refractivity contribution < 1.29 is 19.0 Å². The van der Waals surface area contributed by atoms with Gasteiger partial charge in [-0.25, -0.2) is 4.98 Å². The summed E-state index contributed by atoms with van der Waals surface area (Å²) < 4.78 is 16.3. The summed E-state index contributed by atoms with van der Waals surface area (Å²) in [5.41, 5.74) is 1.86. The van der Waals surface area contributed by atoms with Crippen LogP contribution in [0.25, 0.3) is 10.6 Å². The van der Waals surface area contributed by atoms with Gasteiger partial charge < -0.3 is 19.5 Å². The summed E-state index contributed by atoms with van der Waals surface area (Å²) in [6.45, 7) is 4.24. The minimum absolute atomic E-state index is 0.198. The molecule has 1 unspecified atom stereocenters. The number of amides is 1. The molecule has 144 valence electrons. The molecule has 4 rings (SSSR count). The van der Waals surface area contributed by atoms with Crippen molar-refractivity contribution >= 4 is 17.2 Å². The molecule has 0 saturated carbocycles. The van der Waals surface area contributed by atoms with E-state index in [-0.39, 0.29) is 12.7 Å². The predicted octanol–water partition coefficient (Wildman–Crippen LogP) is 3.33. The molecule has 1 amide bonds. The third-order valence-corrected chi connectivity index (χ3v) is 5.46. The minimum Gasteiger partial charge on any atom is -0.481 e. The Labute approximate surface area is 166 Å². The largest absolute Gasteiger partial charge is 0.481 e. The zero-order chi connectivity index (χ0) is 19.5. The number of hydrogen-bond donors (Lipinski definition) is 1. The van der Waals surface area contributed by atoms with E-state index in [1.807, 2.05) is 19.1 Å². The first-order valence-corrected chi connectivity index (χ1v) is 9.62. The quantitative estimate of drug-likeness (QED) is 0.687. The number of benzene rings is 1. The summed E-state index contributed by atoms with van der Waals surface area (Å²) in [4.78, 5) is 22.1. The molecule has 28 heavy (non-hydrogen) atoms. The predicted molar refractivity (Wildman–Crippen MR) is 105 cm³/mol. The molecule has 3 aromatic rings. The number of fused-ring (bicyclic) bond motifs is 1. The zero-order valence-corrected chi connectivity index (χ0v) is 16.3. The number of hydrogen-bond acceptors (Lipinski definition) is 7. The van der Waals surface area contributed by atoms with Crippen molar-refractivity contribution in [3.63, 3.8) is 0 Å². The Kier molecular flexibility index (Phi) is 5.12. The number of ether oxygens (including phenoxy) is 3. The number of aromatic nitrogens is 2. The molecule has 2 aromatic heterocycles. The van der Waals surface area contributed by atoms with E-state index < -0.39 is 6.10 Å². The van der Waals surface area contributed by atoms with E-state index in [1.165, 1.54) is 0 Å². The van der Waals surface area contributed by atoms with Crippen LogP contribution in [0.2, 0.25) is 0 Å². The average molecular weight is 397 g/mol. The number of nitrogens with one attached hydrogen (secondary N) is 1. The molecular weight excluding hydrogens is 378 g/mol. The van der Waals surface area contributed by atoms with E-state index in [4.69, 9.17) is 14.2 Å². The van der Waals surface area contributed by atoms with Crippen LogP contribution in [0.5, 0.6) is 17.2 Å². The Morgan fingerprint density at radius 3 is 3.00 bits per heavy atom. The summed E-state index contributed by atoms with van der Waals surface area (Å²) in [5, 5.41) is 3.80. The number of carbonyl (C=O) groups is 1. The van der Waals surface area contributed by atoms with Crippen LogP contribution in [0.3, 0.4) is 0 Å². The van der Waals surface area contributed by atoms with Crippen LogP contribution in [0.15, 0.2) is 42.7 Å². The molecule has 0 bridgehead atoms. The molecular formula is C20H19N3O4S. The Balaban J connectivity index is 1.36. The highest BCUT2D eigenvalue weighted by atomic mass is 32.1. The van der Waals surface area contributed by atoms with Crippen molar-refractivity contribution in [2.24, 2.45) is 0 Å². The van der Waals surface area contributed by atoms with Gasteiger partial charge in [0.15, 0.2) is 17.6 Å². The molecule has 0 fully saturated rings. The smallest absolute Gasteiger partial charge is 0.261 e. The number of nitrogens with zero attached hydrogens (tertiary/aromatic N) is 2. The summed E-state index contributed by atoms with van der Waals surface area (Å²) in [6.07, 6.45) is 2.86. The summed E-state index contributed by atoms with van der Waals surface area (Å²) in [5.74, 6) is 1.65. The first kappa shape index (κ1) is 18.2. The highest BCUT2D eigenvalue weighted by Crippen LogP contribution is 2.35. The van der Waals surface area contributed by atoms with Gasteiger partial charge in [0, 0.05) is 28.9 Å². The molecule has 1 N–H and O–H groups in total. The van der Waals surface area contributed by atoms with Crippen molar-refractivity contribution in [2.75, 3.05) is 6.79 Å². The van der Waals surface area contributed by atoms with Crippen LogP contribution >= 0.6 is 11.3 Å². The van der Waals surface area contributed by atoms with Crippen LogP contribution in [0.4, 0.5) is 0 Å². The monoisotopic (exact) mass is 397 g/mol. The number of pyridine rings is 1. The lowest BCUT2D eigenvalue weighted by Gasteiger charge is -2.14. The Morgan fingerprint density at radius 1 is 1.32 bits per heavy atom. The van der Waals surface area contributed by atoms with Crippen LogP contribution in [-0.2, 0) is 11.3 Å². The fourth-order valence-electron chi connectivity index (χ4n) is 2.72. The van der Waals surface area contributed by atoms with Gasteiger partial charge in [0.2, 0.25) is 6.79 Å². The second kappa shape index (κ2) is 7.85. The first-order chi connectivity index (χ1) is 13.6. The highest BCUT2D eigenvalue weighted by molar-refractivity contribution is 7.15. The van der Waals surface area contributed by atoms with Crippen molar-refractivity contribution in [1.82, 2.24) is 15.3 Å². The Bertz CT molecular complexity index is 990. The maximum Gasteiger partial charge on any atom is 0.261 e.